The first-order valence-corrected chi connectivity index (χ1v) is 4.39. The van der Waals surface area contributed by atoms with Crippen molar-refractivity contribution < 1.29 is 9.18 Å². The number of hydrogen-bond donors (Lipinski definition) is 2. The number of halogens is 1. The minimum Gasteiger partial charge on any atom is -0.351 e. The summed E-state index contributed by atoms with van der Waals surface area (Å²) in [6.07, 6.45) is 0. The molecule has 0 atom stereocenters. The molecule has 0 aliphatic rings. The molecule has 76 valence electrons. The van der Waals surface area contributed by atoms with Crippen molar-refractivity contribution in [1.29, 1.82) is 0 Å². The van der Waals surface area contributed by atoms with Crippen LogP contribution in [0.1, 0.15) is 15.9 Å². The standard InChI is InChI=1S/C10H13FN2O/c1-7-6-8(11)2-3-9(7)10(14)13-5-4-12/h2-3,6H,4-5,12H2,1H3,(H,13,14). The molecule has 1 amide bonds. The molecule has 0 aliphatic carbocycles. The van der Waals surface area contributed by atoms with E-state index in [0.29, 0.717) is 24.2 Å². The fourth-order valence-electron chi connectivity index (χ4n) is 1.16. The van der Waals surface area contributed by atoms with Crippen molar-refractivity contribution in [3.63, 3.8) is 0 Å². The van der Waals surface area contributed by atoms with Gasteiger partial charge in [0, 0.05) is 18.7 Å². The number of carbonyl (C=O) groups is 1. The Bertz CT molecular complexity index is 339. The van der Waals surface area contributed by atoms with Crippen molar-refractivity contribution in [1.82, 2.24) is 5.32 Å². The van der Waals surface area contributed by atoms with Crippen LogP contribution in [0.15, 0.2) is 18.2 Å². The molecule has 0 spiro atoms. The summed E-state index contributed by atoms with van der Waals surface area (Å²) in [5.41, 5.74) is 6.35. The molecule has 3 nitrogen and oxygen atoms in total. The van der Waals surface area contributed by atoms with E-state index in [1.807, 2.05) is 0 Å². The van der Waals surface area contributed by atoms with Crippen LogP contribution < -0.4 is 11.1 Å². The molecule has 0 aromatic heterocycles. The first-order valence-electron chi connectivity index (χ1n) is 4.39. The minimum absolute atomic E-state index is 0.215. The first kappa shape index (κ1) is 10.7. The van der Waals surface area contributed by atoms with Crippen LogP contribution in [-0.4, -0.2) is 19.0 Å². The average molecular weight is 196 g/mol. The van der Waals surface area contributed by atoms with E-state index >= 15 is 0 Å². The predicted octanol–water partition coefficient (Wildman–Crippen LogP) is 0.823. The molecule has 0 saturated carbocycles. The summed E-state index contributed by atoms with van der Waals surface area (Å²) in [6.45, 7) is 2.52. The zero-order valence-electron chi connectivity index (χ0n) is 8.01. The first-order chi connectivity index (χ1) is 6.65. The highest BCUT2D eigenvalue weighted by Crippen LogP contribution is 2.09. The molecule has 14 heavy (non-hydrogen) atoms. The molecule has 3 N–H and O–H groups in total. The van der Waals surface area contributed by atoms with Crippen LogP contribution in [0.3, 0.4) is 0 Å². The van der Waals surface area contributed by atoms with Gasteiger partial charge in [0.2, 0.25) is 0 Å². The fourth-order valence-corrected chi connectivity index (χ4v) is 1.16. The lowest BCUT2D eigenvalue weighted by Gasteiger charge is -2.06. The zero-order chi connectivity index (χ0) is 10.6. The van der Waals surface area contributed by atoms with Crippen LogP contribution in [0.2, 0.25) is 0 Å². The molecule has 0 radical (unpaired) electrons. The molecule has 1 aromatic carbocycles. The van der Waals surface area contributed by atoms with Gasteiger partial charge in [-0.05, 0) is 30.7 Å². The third-order valence-electron chi connectivity index (χ3n) is 1.86. The summed E-state index contributed by atoms with van der Waals surface area (Å²) in [6, 6.07) is 4.07. The van der Waals surface area contributed by atoms with E-state index in [0.717, 1.165) is 0 Å². The Morgan fingerprint density at radius 3 is 2.86 bits per heavy atom. The Hall–Kier alpha value is -1.42. The second-order valence-electron chi connectivity index (χ2n) is 3.00. The summed E-state index contributed by atoms with van der Waals surface area (Å²) in [5.74, 6) is -0.550. The summed E-state index contributed by atoms with van der Waals surface area (Å²) in [4.78, 5) is 11.4. The number of aryl methyl sites for hydroxylation is 1. The van der Waals surface area contributed by atoms with Crippen LogP contribution in [0, 0.1) is 12.7 Å². The number of nitrogens with two attached hydrogens (primary N) is 1. The van der Waals surface area contributed by atoms with E-state index in [2.05, 4.69) is 5.32 Å². The summed E-state index contributed by atoms with van der Waals surface area (Å²) >= 11 is 0. The molecule has 0 unspecified atom stereocenters. The maximum atomic E-state index is 12.7. The number of benzene rings is 1. The molecule has 0 bridgehead atoms. The summed E-state index contributed by atoms with van der Waals surface area (Å²) < 4.78 is 12.7. The molecule has 1 aromatic rings. The molecule has 0 fully saturated rings. The Kier molecular flexibility index (Phi) is 3.59. The van der Waals surface area contributed by atoms with Crippen molar-refractivity contribution in [2.24, 2.45) is 5.73 Å². The van der Waals surface area contributed by atoms with E-state index < -0.39 is 0 Å². The van der Waals surface area contributed by atoms with Gasteiger partial charge in [0.1, 0.15) is 5.82 Å². The van der Waals surface area contributed by atoms with Gasteiger partial charge >= 0.3 is 0 Å². The smallest absolute Gasteiger partial charge is 0.251 e. The highest BCUT2D eigenvalue weighted by atomic mass is 19.1. The van der Waals surface area contributed by atoms with E-state index in [-0.39, 0.29) is 11.7 Å². The molecule has 0 heterocycles. The lowest BCUT2D eigenvalue weighted by atomic mass is 10.1. The molecule has 4 heteroatoms. The third-order valence-corrected chi connectivity index (χ3v) is 1.86. The maximum absolute atomic E-state index is 12.7. The number of amides is 1. The highest BCUT2D eigenvalue weighted by molar-refractivity contribution is 5.95. The van der Waals surface area contributed by atoms with Gasteiger partial charge in [0.15, 0.2) is 0 Å². The van der Waals surface area contributed by atoms with Crippen molar-refractivity contribution in [2.45, 2.75) is 6.92 Å². The van der Waals surface area contributed by atoms with Gasteiger partial charge in [-0.2, -0.15) is 0 Å². The Labute approximate surface area is 82.1 Å². The van der Waals surface area contributed by atoms with Gasteiger partial charge in [0.05, 0.1) is 0 Å². The molecule has 0 aliphatic heterocycles. The number of nitrogens with one attached hydrogen (secondary N) is 1. The van der Waals surface area contributed by atoms with E-state index in [9.17, 15) is 9.18 Å². The monoisotopic (exact) mass is 196 g/mol. The molecule has 1 rings (SSSR count). The van der Waals surface area contributed by atoms with E-state index in [4.69, 9.17) is 5.73 Å². The van der Waals surface area contributed by atoms with E-state index in [1.165, 1.54) is 18.2 Å². The zero-order valence-corrected chi connectivity index (χ0v) is 8.01. The lowest BCUT2D eigenvalue weighted by molar-refractivity contribution is 0.0954. The fraction of sp³-hybridized carbons (Fsp3) is 0.300. The normalized spacial score (nSPS) is 9.93. The van der Waals surface area contributed by atoms with Crippen LogP contribution in [0.4, 0.5) is 4.39 Å². The average Bonchev–Trinajstić information content (AvgIpc) is 2.14. The highest BCUT2D eigenvalue weighted by Gasteiger charge is 2.07. The molecular formula is C10H13FN2O. The van der Waals surface area contributed by atoms with Crippen LogP contribution in [0.5, 0.6) is 0 Å². The van der Waals surface area contributed by atoms with Crippen molar-refractivity contribution in [3.05, 3.63) is 35.1 Å². The van der Waals surface area contributed by atoms with Crippen LogP contribution in [0.25, 0.3) is 0 Å². The van der Waals surface area contributed by atoms with Gasteiger partial charge in [-0.25, -0.2) is 4.39 Å². The van der Waals surface area contributed by atoms with Gasteiger partial charge in [-0.3, -0.25) is 4.79 Å². The topological polar surface area (TPSA) is 55.1 Å². The number of carbonyl (C=O) groups excluding carboxylic acids is 1. The van der Waals surface area contributed by atoms with Crippen molar-refractivity contribution >= 4 is 5.91 Å². The van der Waals surface area contributed by atoms with Crippen LogP contribution in [-0.2, 0) is 0 Å². The van der Waals surface area contributed by atoms with Gasteiger partial charge in [-0.1, -0.05) is 0 Å². The second-order valence-corrected chi connectivity index (χ2v) is 3.00. The minimum atomic E-state index is -0.335. The van der Waals surface area contributed by atoms with Crippen molar-refractivity contribution in [3.8, 4) is 0 Å². The molecular weight excluding hydrogens is 183 g/mol. The van der Waals surface area contributed by atoms with E-state index in [1.54, 1.807) is 6.92 Å². The lowest BCUT2D eigenvalue weighted by Crippen LogP contribution is -2.29. The second kappa shape index (κ2) is 4.72. The Morgan fingerprint density at radius 2 is 2.29 bits per heavy atom. The SMILES string of the molecule is Cc1cc(F)ccc1C(=O)NCCN. The Balaban J connectivity index is 2.80. The largest absolute Gasteiger partial charge is 0.351 e. The van der Waals surface area contributed by atoms with Gasteiger partial charge in [-0.15, -0.1) is 0 Å². The maximum Gasteiger partial charge on any atom is 0.251 e. The summed E-state index contributed by atoms with van der Waals surface area (Å²) in [7, 11) is 0. The van der Waals surface area contributed by atoms with Crippen molar-refractivity contribution in [2.75, 3.05) is 13.1 Å². The molecule has 0 saturated heterocycles. The Morgan fingerprint density at radius 1 is 1.57 bits per heavy atom. The third kappa shape index (κ3) is 2.53. The van der Waals surface area contributed by atoms with Gasteiger partial charge < -0.3 is 11.1 Å². The number of rotatable bonds is 3. The predicted molar refractivity (Wildman–Crippen MR) is 52.5 cm³/mol. The van der Waals surface area contributed by atoms with Crippen LogP contribution >= 0.6 is 0 Å². The van der Waals surface area contributed by atoms with Gasteiger partial charge in [0.25, 0.3) is 5.91 Å². The quantitative estimate of drug-likeness (QED) is 0.752. The number of hydrogen-bond acceptors (Lipinski definition) is 2. The summed E-state index contributed by atoms with van der Waals surface area (Å²) in [5, 5.41) is 2.62.